The van der Waals surface area contributed by atoms with Gasteiger partial charge < -0.3 is 14.0 Å². The highest BCUT2D eigenvalue weighted by Crippen LogP contribution is 2.36. The third kappa shape index (κ3) is 5.06. The quantitative estimate of drug-likeness (QED) is 0.391. The molecule has 0 saturated carbocycles. The molecule has 7 heteroatoms. The van der Waals surface area contributed by atoms with Crippen molar-refractivity contribution < 1.29 is 14.3 Å². The van der Waals surface area contributed by atoms with Gasteiger partial charge in [0.05, 0.1) is 35.2 Å². The number of halogens is 1. The number of hydrazone groups is 1. The Labute approximate surface area is 178 Å². The zero-order valence-electron chi connectivity index (χ0n) is 16.3. The first-order valence-corrected chi connectivity index (χ1v) is 10.1. The molecule has 1 heterocycles. The third-order valence-corrected chi connectivity index (χ3v) is 4.62. The molecule has 3 aromatic rings. The lowest BCUT2D eigenvalue weighted by Crippen LogP contribution is -2.19. The average molecular weight is 456 g/mol. The second-order valence-electron chi connectivity index (χ2n) is 6.00. The Balaban J connectivity index is 1.78. The van der Waals surface area contributed by atoms with Crippen molar-refractivity contribution in [1.29, 1.82) is 0 Å². The van der Waals surface area contributed by atoms with Crippen LogP contribution in [0.1, 0.15) is 29.8 Å². The summed E-state index contributed by atoms with van der Waals surface area (Å²) < 4.78 is 13.9. The van der Waals surface area contributed by atoms with Gasteiger partial charge in [-0.1, -0.05) is 12.1 Å². The highest BCUT2D eigenvalue weighted by Gasteiger charge is 2.13. The lowest BCUT2D eigenvalue weighted by molar-refractivity contribution is 0.0955. The summed E-state index contributed by atoms with van der Waals surface area (Å²) in [6.07, 6.45) is 5.35. The maximum absolute atomic E-state index is 12.6. The molecule has 6 nitrogen and oxygen atoms in total. The highest BCUT2D eigenvalue weighted by atomic mass is 79.9. The Kier molecular flexibility index (Phi) is 7.08. The van der Waals surface area contributed by atoms with Crippen LogP contribution in [-0.2, 0) is 0 Å². The molecule has 1 amide bonds. The number of benzene rings is 2. The number of aromatic nitrogens is 1. The van der Waals surface area contributed by atoms with Crippen LogP contribution in [0.4, 0.5) is 0 Å². The Hall–Kier alpha value is -3.06. The van der Waals surface area contributed by atoms with Crippen LogP contribution in [0.2, 0.25) is 0 Å². The largest absolute Gasteiger partial charge is 0.490 e. The fraction of sp³-hybridized carbons (Fsp3) is 0.182. The SMILES string of the molecule is CCOc1cc(/C=N\NC(=O)c2ccccc2-n2cccc2)cc(Br)c1OCC. The first-order valence-electron chi connectivity index (χ1n) is 9.29. The number of carbonyl (C=O) groups is 1. The van der Waals surface area contributed by atoms with E-state index >= 15 is 0 Å². The fourth-order valence-electron chi connectivity index (χ4n) is 2.82. The van der Waals surface area contributed by atoms with Gasteiger partial charge in [0, 0.05) is 12.4 Å². The minimum atomic E-state index is -0.291. The van der Waals surface area contributed by atoms with E-state index in [4.69, 9.17) is 9.47 Å². The van der Waals surface area contributed by atoms with Crippen molar-refractivity contribution in [3.63, 3.8) is 0 Å². The predicted molar refractivity (Wildman–Crippen MR) is 117 cm³/mol. The van der Waals surface area contributed by atoms with Gasteiger partial charge >= 0.3 is 0 Å². The zero-order chi connectivity index (χ0) is 20.6. The number of amides is 1. The van der Waals surface area contributed by atoms with E-state index in [1.54, 1.807) is 12.3 Å². The van der Waals surface area contributed by atoms with E-state index in [0.29, 0.717) is 30.3 Å². The van der Waals surface area contributed by atoms with Gasteiger partial charge in [0.15, 0.2) is 11.5 Å². The smallest absolute Gasteiger partial charge is 0.273 e. The fourth-order valence-corrected chi connectivity index (χ4v) is 3.40. The van der Waals surface area contributed by atoms with Gasteiger partial charge in [-0.3, -0.25) is 4.79 Å². The lowest BCUT2D eigenvalue weighted by Gasteiger charge is -2.13. The molecule has 0 bridgehead atoms. The molecule has 0 unspecified atom stereocenters. The standard InChI is InChI=1S/C22H22BrN3O3/c1-3-28-20-14-16(13-18(23)21(20)29-4-2)15-24-25-22(27)17-9-5-6-10-19(17)26-11-7-8-12-26/h5-15H,3-4H2,1-2H3,(H,25,27)/b24-15-. The van der Waals surface area contributed by atoms with Crippen LogP contribution >= 0.6 is 15.9 Å². The summed E-state index contributed by atoms with van der Waals surface area (Å²) >= 11 is 3.50. The van der Waals surface area contributed by atoms with Gasteiger partial charge in [-0.05, 0) is 71.7 Å². The molecular formula is C22H22BrN3O3. The van der Waals surface area contributed by atoms with E-state index < -0.39 is 0 Å². The molecular weight excluding hydrogens is 434 g/mol. The molecule has 1 aromatic heterocycles. The van der Waals surface area contributed by atoms with Crippen LogP contribution in [0.3, 0.4) is 0 Å². The lowest BCUT2D eigenvalue weighted by atomic mass is 10.1. The molecule has 0 aliphatic rings. The van der Waals surface area contributed by atoms with Crippen LogP contribution in [0.15, 0.2) is 70.5 Å². The topological polar surface area (TPSA) is 64.8 Å². The van der Waals surface area contributed by atoms with E-state index in [2.05, 4.69) is 26.5 Å². The maximum Gasteiger partial charge on any atom is 0.273 e. The summed E-state index contributed by atoms with van der Waals surface area (Å²) in [5.41, 5.74) is 4.67. The number of nitrogens with zero attached hydrogens (tertiary/aromatic N) is 2. The summed E-state index contributed by atoms with van der Waals surface area (Å²) in [6.45, 7) is 4.87. The van der Waals surface area contributed by atoms with Crippen molar-refractivity contribution in [2.75, 3.05) is 13.2 Å². The van der Waals surface area contributed by atoms with Crippen LogP contribution in [0, 0.1) is 0 Å². The normalized spacial score (nSPS) is 10.9. The number of hydrogen-bond acceptors (Lipinski definition) is 4. The summed E-state index contributed by atoms with van der Waals surface area (Å²) in [7, 11) is 0. The predicted octanol–water partition coefficient (Wildman–Crippen LogP) is 4.80. The molecule has 0 aliphatic heterocycles. The van der Waals surface area contributed by atoms with Crippen LogP contribution in [0.25, 0.3) is 5.69 Å². The monoisotopic (exact) mass is 455 g/mol. The second-order valence-corrected chi connectivity index (χ2v) is 6.86. The number of para-hydroxylation sites is 1. The van der Waals surface area contributed by atoms with Crippen LogP contribution < -0.4 is 14.9 Å². The molecule has 29 heavy (non-hydrogen) atoms. The van der Waals surface area contributed by atoms with Crippen molar-refractivity contribution in [2.24, 2.45) is 5.10 Å². The summed E-state index contributed by atoms with van der Waals surface area (Å²) in [4.78, 5) is 12.6. The maximum atomic E-state index is 12.6. The van der Waals surface area contributed by atoms with Gasteiger partial charge in [-0.15, -0.1) is 0 Å². The van der Waals surface area contributed by atoms with Crippen LogP contribution in [-0.4, -0.2) is 29.9 Å². The van der Waals surface area contributed by atoms with Gasteiger partial charge in [0.2, 0.25) is 0 Å². The summed E-state index contributed by atoms with van der Waals surface area (Å²) in [5, 5.41) is 4.11. The molecule has 0 atom stereocenters. The molecule has 2 aromatic carbocycles. The van der Waals surface area contributed by atoms with Gasteiger partial charge in [-0.25, -0.2) is 5.43 Å². The first kappa shape index (κ1) is 20.7. The van der Waals surface area contributed by atoms with E-state index in [-0.39, 0.29) is 5.91 Å². The van der Waals surface area contributed by atoms with Gasteiger partial charge in [0.25, 0.3) is 5.91 Å². The number of rotatable bonds is 8. The van der Waals surface area contributed by atoms with E-state index in [1.807, 2.05) is 73.3 Å². The number of ether oxygens (including phenoxy) is 2. The minimum absolute atomic E-state index is 0.291. The van der Waals surface area contributed by atoms with Crippen molar-refractivity contribution in [3.8, 4) is 17.2 Å². The third-order valence-electron chi connectivity index (χ3n) is 4.03. The summed E-state index contributed by atoms with van der Waals surface area (Å²) in [6, 6.07) is 14.9. The highest BCUT2D eigenvalue weighted by molar-refractivity contribution is 9.10. The van der Waals surface area contributed by atoms with Gasteiger partial charge in [-0.2, -0.15) is 5.10 Å². The Morgan fingerprint density at radius 3 is 2.55 bits per heavy atom. The molecule has 0 aliphatic carbocycles. The Morgan fingerprint density at radius 1 is 1.10 bits per heavy atom. The van der Waals surface area contributed by atoms with E-state index in [0.717, 1.165) is 15.7 Å². The Bertz CT molecular complexity index is 1000. The first-order chi connectivity index (χ1) is 14.1. The second kappa shape index (κ2) is 9.93. The van der Waals surface area contributed by atoms with Crippen molar-refractivity contribution in [3.05, 3.63) is 76.5 Å². The Morgan fingerprint density at radius 2 is 1.83 bits per heavy atom. The van der Waals surface area contributed by atoms with Crippen molar-refractivity contribution >= 4 is 28.1 Å². The molecule has 0 radical (unpaired) electrons. The molecule has 0 spiro atoms. The molecule has 150 valence electrons. The van der Waals surface area contributed by atoms with E-state index in [9.17, 15) is 4.79 Å². The van der Waals surface area contributed by atoms with E-state index in [1.165, 1.54) is 0 Å². The molecule has 0 fully saturated rings. The average Bonchev–Trinajstić information content (AvgIpc) is 3.25. The van der Waals surface area contributed by atoms with Crippen LogP contribution in [0.5, 0.6) is 11.5 Å². The molecule has 3 rings (SSSR count). The number of carbonyl (C=O) groups excluding carboxylic acids is 1. The van der Waals surface area contributed by atoms with Crippen molar-refractivity contribution in [1.82, 2.24) is 9.99 Å². The van der Waals surface area contributed by atoms with Crippen molar-refractivity contribution in [2.45, 2.75) is 13.8 Å². The summed E-state index contributed by atoms with van der Waals surface area (Å²) in [5.74, 6) is 0.978. The van der Waals surface area contributed by atoms with Gasteiger partial charge in [0.1, 0.15) is 0 Å². The molecule has 1 N–H and O–H groups in total. The number of hydrogen-bond donors (Lipinski definition) is 1. The number of nitrogens with one attached hydrogen (secondary N) is 1. The minimum Gasteiger partial charge on any atom is -0.490 e. The zero-order valence-corrected chi connectivity index (χ0v) is 17.8. The molecule has 0 saturated heterocycles.